The van der Waals surface area contributed by atoms with Gasteiger partial charge in [0.2, 0.25) is 5.25 Å². The van der Waals surface area contributed by atoms with Crippen molar-refractivity contribution in [1.29, 1.82) is 0 Å². The fourth-order valence-corrected chi connectivity index (χ4v) is 4.49. The maximum atomic E-state index is 12.7. The molecule has 0 fully saturated rings. The van der Waals surface area contributed by atoms with Crippen LogP contribution in [0.5, 0.6) is 0 Å². The molecule has 0 spiro atoms. The number of benzene rings is 1. The standard InChI is InChI=1S/C12H9ClN2O6S2/c1-21-11(16)9(8-10(15(17)18)22-12(13)14-8)23(19,20)7-5-3-2-4-6-7/h2-6,9H,1H3. The van der Waals surface area contributed by atoms with Crippen LogP contribution >= 0.6 is 22.9 Å². The predicted octanol–water partition coefficient (Wildman–Crippen LogP) is 2.39. The van der Waals surface area contributed by atoms with E-state index >= 15 is 0 Å². The molecule has 2 aromatic rings. The van der Waals surface area contributed by atoms with Gasteiger partial charge in [-0.1, -0.05) is 29.8 Å². The number of hydrogen-bond acceptors (Lipinski definition) is 8. The van der Waals surface area contributed by atoms with Crippen LogP contribution in [0, 0.1) is 10.1 Å². The first-order valence-corrected chi connectivity index (χ1v) is 8.70. The predicted molar refractivity (Wildman–Crippen MR) is 82.2 cm³/mol. The van der Waals surface area contributed by atoms with E-state index in [0.717, 1.165) is 7.11 Å². The monoisotopic (exact) mass is 376 g/mol. The Morgan fingerprint density at radius 1 is 1.39 bits per heavy atom. The van der Waals surface area contributed by atoms with E-state index in [-0.39, 0.29) is 9.36 Å². The van der Waals surface area contributed by atoms with E-state index in [9.17, 15) is 23.3 Å². The average molecular weight is 377 g/mol. The van der Waals surface area contributed by atoms with E-state index in [1.165, 1.54) is 24.3 Å². The van der Waals surface area contributed by atoms with Crippen LogP contribution in [0.4, 0.5) is 5.00 Å². The van der Waals surface area contributed by atoms with Gasteiger partial charge in [-0.3, -0.25) is 14.9 Å². The lowest BCUT2D eigenvalue weighted by Crippen LogP contribution is -2.24. The average Bonchev–Trinajstić information content (AvgIpc) is 2.89. The van der Waals surface area contributed by atoms with Gasteiger partial charge in [0, 0.05) is 0 Å². The van der Waals surface area contributed by atoms with Crippen molar-refractivity contribution in [2.24, 2.45) is 0 Å². The minimum atomic E-state index is -4.30. The van der Waals surface area contributed by atoms with E-state index in [1.54, 1.807) is 6.07 Å². The molecule has 0 amide bonds. The van der Waals surface area contributed by atoms with Crippen LogP contribution in [0.2, 0.25) is 4.47 Å². The van der Waals surface area contributed by atoms with E-state index < -0.39 is 36.7 Å². The zero-order valence-electron chi connectivity index (χ0n) is 11.5. The smallest absolute Gasteiger partial charge is 0.350 e. The van der Waals surface area contributed by atoms with Gasteiger partial charge < -0.3 is 4.74 Å². The number of rotatable bonds is 5. The molecule has 0 saturated carbocycles. The molecule has 1 heterocycles. The third kappa shape index (κ3) is 3.33. The number of nitro groups is 1. The van der Waals surface area contributed by atoms with Crippen molar-refractivity contribution < 1.29 is 22.9 Å². The van der Waals surface area contributed by atoms with Crippen molar-refractivity contribution in [3.63, 3.8) is 0 Å². The van der Waals surface area contributed by atoms with E-state index in [0.29, 0.717) is 11.3 Å². The number of nitrogens with zero attached hydrogens (tertiary/aromatic N) is 2. The first kappa shape index (κ1) is 17.3. The molecular formula is C12H9ClN2O6S2. The molecule has 0 radical (unpaired) electrons. The Balaban J connectivity index is 2.69. The molecule has 0 bridgehead atoms. The molecule has 0 aliphatic heterocycles. The molecular weight excluding hydrogens is 368 g/mol. The molecule has 0 aliphatic rings. The Bertz CT molecular complexity index is 850. The van der Waals surface area contributed by atoms with Gasteiger partial charge in [-0.25, -0.2) is 13.4 Å². The van der Waals surface area contributed by atoms with Crippen molar-refractivity contribution in [2.75, 3.05) is 7.11 Å². The Hall–Kier alpha value is -2.04. The summed E-state index contributed by atoms with van der Waals surface area (Å²) in [7, 11) is -3.32. The van der Waals surface area contributed by atoms with Crippen molar-refractivity contribution in [2.45, 2.75) is 10.1 Å². The maximum absolute atomic E-state index is 12.7. The zero-order valence-corrected chi connectivity index (χ0v) is 13.9. The summed E-state index contributed by atoms with van der Waals surface area (Å²) in [5.74, 6) is -1.18. The maximum Gasteiger partial charge on any atom is 0.350 e. The molecule has 8 nitrogen and oxygen atoms in total. The molecule has 1 aromatic carbocycles. The third-order valence-corrected chi connectivity index (χ3v) is 5.91. The molecule has 23 heavy (non-hydrogen) atoms. The number of hydrogen-bond donors (Lipinski definition) is 0. The Kier molecular flexibility index (Phi) is 4.97. The second kappa shape index (κ2) is 6.60. The van der Waals surface area contributed by atoms with Crippen molar-refractivity contribution in [1.82, 2.24) is 4.98 Å². The van der Waals surface area contributed by atoms with Crippen LogP contribution in [0.3, 0.4) is 0 Å². The largest absolute Gasteiger partial charge is 0.468 e. The first-order chi connectivity index (χ1) is 10.8. The molecule has 11 heteroatoms. The van der Waals surface area contributed by atoms with Gasteiger partial charge in [-0.2, -0.15) is 0 Å². The fraction of sp³-hybridized carbons (Fsp3) is 0.167. The molecule has 122 valence electrons. The third-order valence-electron chi connectivity index (χ3n) is 2.82. The minimum absolute atomic E-state index is 0.186. The van der Waals surface area contributed by atoms with Gasteiger partial charge >= 0.3 is 11.0 Å². The quantitative estimate of drug-likeness (QED) is 0.446. The summed E-state index contributed by atoms with van der Waals surface area (Å²) < 4.78 is 29.7. The van der Waals surface area contributed by atoms with Crippen LogP contribution in [0.1, 0.15) is 10.9 Å². The second-order valence-corrected chi connectivity index (χ2v) is 7.77. The number of halogens is 1. The van der Waals surface area contributed by atoms with Crippen LogP contribution in [-0.2, 0) is 19.4 Å². The Labute approximate surface area is 139 Å². The minimum Gasteiger partial charge on any atom is -0.468 e. The summed E-state index contributed by atoms with van der Waals surface area (Å²) in [6.45, 7) is 0. The van der Waals surface area contributed by atoms with Gasteiger partial charge in [0.25, 0.3) is 0 Å². The number of sulfone groups is 1. The zero-order chi connectivity index (χ0) is 17.2. The number of carbonyl (C=O) groups is 1. The highest BCUT2D eigenvalue weighted by Crippen LogP contribution is 2.39. The first-order valence-electron chi connectivity index (χ1n) is 5.96. The lowest BCUT2D eigenvalue weighted by atomic mass is 10.3. The SMILES string of the molecule is COC(=O)C(c1nc(Cl)sc1[N+](=O)[O-])S(=O)(=O)c1ccccc1. The number of thiazole rings is 1. The van der Waals surface area contributed by atoms with Crippen molar-refractivity contribution in [3.05, 3.63) is 50.6 Å². The summed E-state index contributed by atoms with van der Waals surface area (Å²) in [5.41, 5.74) is -0.555. The second-order valence-electron chi connectivity index (χ2n) is 4.18. The number of carbonyl (C=O) groups excluding carboxylic acids is 1. The highest BCUT2D eigenvalue weighted by molar-refractivity contribution is 7.92. The molecule has 0 aliphatic carbocycles. The van der Waals surface area contributed by atoms with Crippen molar-refractivity contribution >= 4 is 43.7 Å². The number of esters is 1. The topological polar surface area (TPSA) is 116 Å². The van der Waals surface area contributed by atoms with Gasteiger partial charge in [0.15, 0.2) is 20.0 Å². The lowest BCUT2D eigenvalue weighted by molar-refractivity contribution is -0.381. The summed E-state index contributed by atoms with van der Waals surface area (Å²) in [5, 5.41) is 8.49. The summed E-state index contributed by atoms with van der Waals surface area (Å²) >= 11 is 6.13. The molecule has 0 saturated heterocycles. The Morgan fingerprint density at radius 3 is 2.52 bits per heavy atom. The van der Waals surface area contributed by atoms with Gasteiger partial charge in [-0.05, 0) is 23.5 Å². The van der Waals surface area contributed by atoms with Crippen LogP contribution in [0.15, 0.2) is 35.2 Å². The van der Waals surface area contributed by atoms with Gasteiger partial charge in [-0.15, -0.1) is 0 Å². The summed E-state index contributed by atoms with van der Waals surface area (Å²) in [6, 6.07) is 7.05. The van der Waals surface area contributed by atoms with Crippen molar-refractivity contribution in [3.8, 4) is 0 Å². The van der Waals surface area contributed by atoms with Gasteiger partial charge in [0.1, 0.15) is 0 Å². The molecule has 0 N–H and O–H groups in total. The summed E-state index contributed by atoms with van der Waals surface area (Å²) in [6.07, 6.45) is 0. The highest BCUT2D eigenvalue weighted by atomic mass is 35.5. The van der Waals surface area contributed by atoms with E-state index in [1.807, 2.05) is 0 Å². The van der Waals surface area contributed by atoms with Crippen LogP contribution in [-0.4, -0.2) is 31.4 Å². The number of ether oxygens (including phenoxy) is 1. The molecule has 1 aromatic heterocycles. The molecule has 1 atom stereocenters. The fourth-order valence-electron chi connectivity index (χ4n) is 1.84. The van der Waals surface area contributed by atoms with E-state index in [4.69, 9.17) is 11.6 Å². The summed E-state index contributed by atoms with van der Waals surface area (Å²) in [4.78, 5) is 25.7. The highest BCUT2D eigenvalue weighted by Gasteiger charge is 2.43. The normalized spacial score (nSPS) is 12.6. The molecule has 2 rings (SSSR count). The molecule has 1 unspecified atom stereocenters. The van der Waals surface area contributed by atoms with Crippen LogP contribution < -0.4 is 0 Å². The van der Waals surface area contributed by atoms with Crippen LogP contribution in [0.25, 0.3) is 0 Å². The number of methoxy groups -OCH3 is 1. The Morgan fingerprint density at radius 2 is 2.00 bits per heavy atom. The van der Waals surface area contributed by atoms with E-state index in [2.05, 4.69) is 9.72 Å². The number of aromatic nitrogens is 1. The lowest BCUT2D eigenvalue weighted by Gasteiger charge is -2.13. The van der Waals surface area contributed by atoms with Gasteiger partial charge in [0.05, 0.1) is 16.9 Å².